The Balaban J connectivity index is 2.14. The van der Waals surface area contributed by atoms with E-state index in [-0.39, 0.29) is 10.8 Å². The van der Waals surface area contributed by atoms with Gasteiger partial charge in [-0.3, -0.25) is 4.79 Å². The zero-order chi connectivity index (χ0) is 16.7. The summed E-state index contributed by atoms with van der Waals surface area (Å²) < 4.78 is 26.8. The molecule has 5 nitrogen and oxygen atoms in total. The Morgan fingerprint density at radius 1 is 1.17 bits per heavy atom. The van der Waals surface area contributed by atoms with Crippen molar-refractivity contribution < 1.29 is 13.2 Å². The van der Waals surface area contributed by atoms with Crippen LogP contribution in [-0.4, -0.2) is 31.7 Å². The number of nitrogens with zero attached hydrogens (tertiary/aromatic N) is 1. The van der Waals surface area contributed by atoms with Crippen molar-refractivity contribution in [2.24, 2.45) is 0 Å². The second-order valence-electron chi connectivity index (χ2n) is 5.37. The number of carbonyl (C=O) groups is 1. The minimum atomic E-state index is -3.49. The number of piperidine rings is 1. The van der Waals surface area contributed by atoms with Gasteiger partial charge in [-0.2, -0.15) is 4.31 Å². The molecule has 0 radical (unpaired) electrons. The van der Waals surface area contributed by atoms with Gasteiger partial charge in [0.05, 0.1) is 4.90 Å². The second kappa shape index (κ2) is 8.08. The lowest BCUT2D eigenvalue weighted by atomic mass is 10.2. The van der Waals surface area contributed by atoms with Crippen LogP contribution in [-0.2, 0) is 14.8 Å². The molecule has 1 heterocycles. The fourth-order valence-corrected chi connectivity index (χ4v) is 3.99. The Hall–Kier alpha value is -1.92. The summed E-state index contributed by atoms with van der Waals surface area (Å²) in [5, 5.41) is 2.67. The number of amides is 1. The molecule has 1 aliphatic rings. The zero-order valence-corrected chi connectivity index (χ0v) is 14.1. The Morgan fingerprint density at radius 2 is 1.91 bits per heavy atom. The first-order valence-corrected chi connectivity index (χ1v) is 9.18. The quantitative estimate of drug-likeness (QED) is 0.665. The second-order valence-corrected chi connectivity index (χ2v) is 7.30. The number of allylic oxidation sites excluding steroid dienone is 3. The summed E-state index contributed by atoms with van der Waals surface area (Å²) >= 11 is 0. The summed E-state index contributed by atoms with van der Waals surface area (Å²) in [5.74, 6) is -0.296. The van der Waals surface area contributed by atoms with Gasteiger partial charge < -0.3 is 5.32 Å². The van der Waals surface area contributed by atoms with Crippen molar-refractivity contribution in [2.75, 3.05) is 18.4 Å². The Kier molecular flexibility index (Phi) is 6.12. The molecule has 0 aliphatic carbocycles. The predicted octanol–water partition coefficient (Wildman–Crippen LogP) is 2.93. The lowest BCUT2D eigenvalue weighted by Gasteiger charge is -2.26. The van der Waals surface area contributed by atoms with Crippen molar-refractivity contribution in [3.63, 3.8) is 0 Å². The van der Waals surface area contributed by atoms with Gasteiger partial charge in [-0.25, -0.2) is 8.42 Å². The molecule has 2 rings (SSSR count). The third-order valence-corrected chi connectivity index (χ3v) is 5.50. The summed E-state index contributed by atoms with van der Waals surface area (Å²) in [6, 6.07) is 6.39. The summed E-state index contributed by atoms with van der Waals surface area (Å²) in [5.41, 5.74) is 0.471. The van der Waals surface area contributed by atoms with Crippen LogP contribution in [0.5, 0.6) is 0 Å². The normalized spacial score (nSPS) is 16.9. The van der Waals surface area contributed by atoms with Crippen LogP contribution >= 0.6 is 0 Å². The van der Waals surface area contributed by atoms with Crippen molar-refractivity contribution >= 4 is 21.6 Å². The molecule has 1 aromatic carbocycles. The Labute approximate surface area is 137 Å². The van der Waals surface area contributed by atoms with E-state index in [2.05, 4.69) is 5.32 Å². The first-order chi connectivity index (χ1) is 11.0. The largest absolute Gasteiger partial charge is 0.322 e. The number of anilines is 1. The molecule has 1 aliphatic heterocycles. The van der Waals surface area contributed by atoms with E-state index in [9.17, 15) is 13.2 Å². The van der Waals surface area contributed by atoms with Crippen LogP contribution in [0.1, 0.15) is 26.2 Å². The van der Waals surface area contributed by atoms with Gasteiger partial charge in [-0.1, -0.05) is 30.7 Å². The number of carbonyl (C=O) groups excluding carboxylic acids is 1. The van der Waals surface area contributed by atoms with E-state index in [0.717, 1.165) is 19.3 Å². The summed E-state index contributed by atoms with van der Waals surface area (Å²) in [7, 11) is -3.49. The third-order valence-electron chi connectivity index (χ3n) is 3.61. The minimum Gasteiger partial charge on any atom is -0.322 e. The van der Waals surface area contributed by atoms with Crippen LogP contribution in [0.25, 0.3) is 0 Å². The molecule has 124 valence electrons. The van der Waals surface area contributed by atoms with E-state index in [4.69, 9.17) is 0 Å². The number of nitrogens with one attached hydrogen (secondary N) is 1. The molecule has 1 saturated heterocycles. The van der Waals surface area contributed by atoms with E-state index in [0.29, 0.717) is 18.8 Å². The molecule has 1 N–H and O–H groups in total. The van der Waals surface area contributed by atoms with E-state index >= 15 is 0 Å². The van der Waals surface area contributed by atoms with E-state index in [1.807, 2.05) is 13.0 Å². The van der Waals surface area contributed by atoms with E-state index in [1.165, 1.54) is 16.4 Å². The van der Waals surface area contributed by atoms with Gasteiger partial charge >= 0.3 is 0 Å². The first-order valence-electron chi connectivity index (χ1n) is 7.74. The number of hydrogen-bond donors (Lipinski definition) is 1. The lowest BCUT2D eigenvalue weighted by molar-refractivity contribution is -0.111. The fraction of sp³-hybridized carbons (Fsp3) is 0.353. The van der Waals surface area contributed by atoms with Crippen molar-refractivity contribution in [1.82, 2.24) is 4.31 Å². The maximum Gasteiger partial charge on any atom is 0.248 e. The van der Waals surface area contributed by atoms with E-state index < -0.39 is 10.0 Å². The maximum absolute atomic E-state index is 12.6. The van der Waals surface area contributed by atoms with Gasteiger partial charge in [0.2, 0.25) is 15.9 Å². The van der Waals surface area contributed by atoms with Gasteiger partial charge in [0, 0.05) is 24.9 Å². The topological polar surface area (TPSA) is 66.5 Å². The van der Waals surface area contributed by atoms with Gasteiger partial charge in [0.15, 0.2) is 0 Å². The van der Waals surface area contributed by atoms with Crippen molar-refractivity contribution in [3.05, 3.63) is 48.6 Å². The van der Waals surface area contributed by atoms with Crippen LogP contribution in [0, 0.1) is 0 Å². The lowest BCUT2D eigenvalue weighted by Crippen LogP contribution is -2.35. The molecule has 1 aromatic rings. The molecule has 23 heavy (non-hydrogen) atoms. The monoisotopic (exact) mass is 334 g/mol. The smallest absolute Gasteiger partial charge is 0.248 e. The van der Waals surface area contributed by atoms with Gasteiger partial charge in [0.1, 0.15) is 0 Å². The van der Waals surface area contributed by atoms with Crippen LogP contribution in [0.15, 0.2) is 53.5 Å². The van der Waals surface area contributed by atoms with Crippen LogP contribution < -0.4 is 5.32 Å². The first kappa shape index (κ1) is 17.4. The number of hydrogen-bond acceptors (Lipinski definition) is 3. The van der Waals surface area contributed by atoms with Gasteiger partial charge in [0.25, 0.3) is 0 Å². The zero-order valence-electron chi connectivity index (χ0n) is 13.2. The molecule has 6 heteroatoms. The highest BCUT2D eigenvalue weighted by Gasteiger charge is 2.25. The average Bonchev–Trinajstić information content (AvgIpc) is 2.56. The highest BCUT2D eigenvalue weighted by Crippen LogP contribution is 2.22. The number of benzene rings is 1. The molecule has 0 spiro atoms. The molecule has 0 atom stereocenters. The van der Waals surface area contributed by atoms with Crippen molar-refractivity contribution in [2.45, 2.75) is 31.1 Å². The molecule has 0 bridgehead atoms. The van der Waals surface area contributed by atoms with E-state index in [1.54, 1.807) is 30.4 Å². The molecule has 1 fully saturated rings. The highest BCUT2D eigenvalue weighted by molar-refractivity contribution is 7.89. The minimum absolute atomic E-state index is 0.217. The van der Waals surface area contributed by atoms with Crippen LogP contribution in [0.3, 0.4) is 0 Å². The predicted molar refractivity (Wildman–Crippen MR) is 91.6 cm³/mol. The summed E-state index contributed by atoms with van der Waals surface area (Å²) in [4.78, 5) is 12.0. The Morgan fingerprint density at radius 3 is 2.61 bits per heavy atom. The molecule has 0 aromatic heterocycles. The van der Waals surface area contributed by atoms with Crippen molar-refractivity contribution in [3.8, 4) is 0 Å². The van der Waals surface area contributed by atoms with Crippen LogP contribution in [0.4, 0.5) is 5.69 Å². The molecule has 0 saturated carbocycles. The van der Waals surface area contributed by atoms with Gasteiger partial charge in [-0.15, -0.1) is 0 Å². The van der Waals surface area contributed by atoms with Crippen molar-refractivity contribution in [1.29, 1.82) is 0 Å². The number of sulfonamides is 1. The van der Waals surface area contributed by atoms with Gasteiger partial charge in [-0.05, 0) is 38.0 Å². The van der Waals surface area contributed by atoms with Crippen LogP contribution in [0.2, 0.25) is 0 Å². The maximum atomic E-state index is 12.6. The average molecular weight is 334 g/mol. The Bertz CT molecular complexity index is 702. The molecule has 1 amide bonds. The summed E-state index contributed by atoms with van der Waals surface area (Å²) in [6.07, 6.45) is 9.44. The summed E-state index contributed by atoms with van der Waals surface area (Å²) in [6.45, 7) is 2.98. The molecule has 0 unspecified atom stereocenters. The third kappa shape index (κ3) is 4.77. The molecular weight excluding hydrogens is 312 g/mol. The SMILES string of the molecule is C/C=C/C=C/C(=O)Nc1cccc(S(=O)(=O)N2CCCCC2)c1. The fourth-order valence-electron chi connectivity index (χ4n) is 2.43. The highest BCUT2D eigenvalue weighted by atomic mass is 32.2. The standard InChI is InChI=1S/C17H22N2O3S/c1-2-3-5-11-17(20)18-15-9-8-10-16(14-15)23(21,22)19-12-6-4-7-13-19/h2-3,5,8-11,14H,4,6-7,12-13H2,1H3,(H,18,20)/b3-2+,11-5+. The number of rotatable bonds is 5. The molecular formula is C17H22N2O3S.